The number of piperazine rings is 1. The first-order valence-electron chi connectivity index (χ1n) is 9.33. The van der Waals surface area contributed by atoms with Gasteiger partial charge in [-0.05, 0) is 31.5 Å². The van der Waals surface area contributed by atoms with Crippen LogP contribution in [0.5, 0.6) is 5.75 Å². The summed E-state index contributed by atoms with van der Waals surface area (Å²) in [5.74, 6) is 1.02. The lowest BCUT2D eigenvalue weighted by Gasteiger charge is -2.37. The summed E-state index contributed by atoms with van der Waals surface area (Å²) in [5, 5.41) is 13.5. The highest BCUT2D eigenvalue weighted by Crippen LogP contribution is 2.13. The molecular weight excluding hydrogens is 389 g/mol. The second kappa shape index (κ2) is 12.4. The lowest BCUT2D eigenvalue weighted by molar-refractivity contribution is -0.136. The van der Waals surface area contributed by atoms with Crippen LogP contribution in [0.4, 0.5) is 0 Å². The molecule has 2 heterocycles. The molecule has 0 aromatic heterocycles. The van der Waals surface area contributed by atoms with E-state index in [1.165, 1.54) is 6.42 Å². The maximum Gasteiger partial charge on any atom is 0.239 e. The van der Waals surface area contributed by atoms with Gasteiger partial charge in [0.1, 0.15) is 18.5 Å². The van der Waals surface area contributed by atoms with Gasteiger partial charge in [-0.2, -0.15) is 0 Å². The van der Waals surface area contributed by atoms with E-state index in [0.717, 1.165) is 51.3 Å². The predicted octanol–water partition coefficient (Wildman–Crippen LogP) is 1.56. The molecule has 1 aromatic rings. The van der Waals surface area contributed by atoms with Crippen molar-refractivity contribution in [3.05, 3.63) is 30.3 Å². The Balaban J connectivity index is 0.00000182. The van der Waals surface area contributed by atoms with Gasteiger partial charge in [-0.3, -0.25) is 9.69 Å². The molecule has 0 saturated carbocycles. The maximum absolute atomic E-state index is 12.5. The Morgan fingerprint density at radius 1 is 1.15 bits per heavy atom. The Bertz CT molecular complexity index is 536. The number of para-hydroxylation sites is 1. The van der Waals surface area contributed by atoms with Gasteiger partial charge in [0.2, 0.25) is 5.91 Å². The lowest BCUT2D eigenvalue weighted by Crippen LogP contribution is -2.55. The second-order valence-corrected chi connectivity index (χ2v) is 6.91. The van der Waals surface area contributed by atoms with E-state index in [-0.39, 0.29) is 43.4 Å². The Kier molecular flexibility index (Phi) is 11.0. The van der Waals surface area contributed by atoms with Crippen LogP contribution in [0.2, 0.25) is 0 Å². The number of aliphatic hydroxyl groups excluding tert-OH is 1. The van der Waals surface area contributed by atoms with Gasteiger partial charge in [-0.1, -0.05) is 24.6 Å². The maximum atomic E-state index is 12.5. The molecule has 27 heavy (non-hydrogen) atoms. The van der Waals surface area contributed by atoms with E-state index in [2.05, 4.69) is 10.2 Å². The number of ether oxygens (including phenoxy) is 1. The highest BCUT2D eigenvalue weighted by atomic mass is 35.5. The number of aliphatic hydroxyl groups is 1. The number of halogens is 2. The average Bonchev–Trinajstić information content (AvgIpc) is 2.68. The first-order chi connectivity index (χ1) is 12.2. The number of carbonyl (C=O) groups excluding carboxylic acids is 1. The Labute approximate surface area is 174 Å². The number of hydrogen-bond donors (Lipinski definition) is 2. The number of rotatable bonds is 6. The number of benzene rings is 1. The van der Waals surface area contributed by atoms with E-state index in [1.54, 1.807) is 0 Å². The predicted molar refractivity (Wildman–Crippen MR) is 111 cm³/mol. The van der Waals surface area contributed by atoms with E-state index in [1.807, 2.05) is 35.2 Å². The molecule has 154 valence electrons. The van der Waals surface area contributed by atoms with Gasteiger partial charge in [-0.25, -0.2) is 0 Å². The van der Waals surface area contributed by atoms with Crippen LogP contribution >= 0.6 is 24.8 Å². The zero-order valence-corrected chi connectivity index (χ0v) is 17.2. The van der Waals surface area contributed by atoms with Gasteiger partial charge in [0.05, 0.1) is 6.04 Å². The molecule has 2 saturated heterocycles. The van der Waals surface area contributed by atoms with Crippen LogP contribution in [0.25, 0.3) is 0 Å². The molecule has 1 amide bonds. The fourth-order valence-corrected chi connectivity index (χ4v) is 3.49. The van der Waals surface area contributed by atoms with Gasteiger partial charge in [-0.15, -0.1) is 24.8 Å². The van der Waals surface area contributed by atoms with Crippen molar-refractivity contribution >= 4 is 30.7 Å². The van der Waals surface area contributed by atoms with Crippen molar-refractivity contribution in [1.29, 1.82) is 0 Å². The minimum absolute atomic E-state index is 0. The Hall–Kier alpha value is -1.05. The van der Waals surface area contributed by atoms with Crippen molar-refractivity contribution < 1.29 is 14.6 Å². The molecule has 2 atom stereocenters. The molecule has 2 N–H and O–H groups in total. The molecule has 1 aromatic carbocycles. The quantitative estimate of drug-likeness (QED) is 0.732. The van der Waals surface area contributed by atoms with Crippen LogP contribution in [0.15, 0.2) is 30.3 Å². The average molecular weight is 420 g/mol. The summed E-state index contributed by atoms with van der Waals surface area (Å²) in [6.45, 7) is 4.91. The van der Waals surface area contributed by atoms with E-state index in [0.29, 0.717) is 6.54 Å². The summed E-state index contributed by atoms with van der Waals surface area (Å²) in [6, 6.07) is 9.54. The molecule has 8 heteroatoms. The first kappa shape index (κ1) is 24.0. The van der Waals surface area contributed by atoms with E-state index >= 15 is 0 Å². The van der Waals surface area contributed by atoms with Crippen molar-refractivity contribution in [1.82, 2.24) is 15.1 Å². The lowest BCUT2D eigenvalue weighted by atomic mass is 10.0. The van der Waals surface area contributed by atoms with Crippen molar-refractivity contribution in [2.45, 2.75) is 31.4 Å². The van der Waals surface area contributed by atoms with Crippen molar-refractivity contribution in [2.24, 2.45) is 0 Å². The third-order valence-corrected chi connectivity index (χ3v) is 4.95. The molecule has 0 spiro atoms. The minimum atomic E-state index is -0.525. The SMILES string of the molecule is Cl.Cl.O=C([C@H]1CCCCN1)N1CCN(CC(O)COc2ccccc2)CC1. The van der Waals surface area contributed by atoms with Crippen molar-refractivity contribution in [3.63, 3.8) is 0 Å². The number of piperidine rings is 1. The van der Waals surface area contributed by atoms with Crippen LogP contribution in [-0.4, -0.2) is 78.8 Å². The zero-order chi connectivity index (χ0) is 17.5. The second-order valence-electron chi connectivity index (χ2n) is 6.91. The topological polar surface area (TPSA) is 65.0 Å². The summed E-state index contributed by atoms with van der Waals surface area (Å²) in [6.07, 6.45) is 2.73. The Morgan fingerprint density at radius 2 is 1.85 bits per heavy atom. The van der Waals surface area contributed by atoms with Crippen LogP contribution < -0.4 is 10.1 Å². The van der Waals surface area contributed by atoms with Crippen LogP contribution in [0, 0.1) is 0 Å². The zero-order valence-electron chi connectivity index (χ0n) is 15.6. The van der Waals surface area contributed by atoms with Gasteiger partial charge < -0.3 is 20.1 Å². The summed E-state index contributed by atoms with van der Waals surface area (Å²) in [4.78, 5) is 16.7. The molecular formula is C19H31Cl2N3O3. The fraction of sp³-hybridized carbons (Fsp3) is 0.632. The number of hydrogen-bond acceptors (Lipinski definition) is 5. The fourth-order valence-electron chi connectivity index (χ4n) is 3.49. The highest BCUT2D eigenvalue weighted by molar-refractivity contribution is 5.85. The summed E-state index contributed by atoms with van der Waals surface area (Å²) >= 11 is 0. The number of nitrogens with zero attached hydrogens (tertiary/aromatic N) is 2. The van der Waals surface area contributed by atoms with Crippen LogP contribution in [0.3, 0.4) is 0 Å². The van der Waals surface area contributed by atoms with Gasteiger partial charge in [0.25, 0.3) is 0 Å². The summed E-state index contributed by atoms with van der Waals surface area (Å²) < 4.78 is 5.60. The smallest absolute Gasteiger partial charge is 0.239 e. The van der Waals surface area contributed by atoms with Crippen LogP contribution in [0.1, 0.15) is 19.3 Å². The molecule has 1 unspecified atom stereocenters. The molecule has 0 bridgehead atoms. The molecule has 2 aliphatic heterocycles. The van der Waals surface area contributed by atoms with Crippen molar-refractivity contribution in [3.8, 4) is 5.75 Å². The third-order valence-electron chi connectivity index (χ3n) is 4.95. The highest BCUT2D eigenvalue weighted by Gasteiger charge is 2.28. The Morgan fingerprint density at radius 3 is 2.48 bits per heavy atom. The minimum Gasteiger partial charge on any atom is -0.491 e. The number of amides is 1. The number of β-amino-alcohol motifs (C(OH)–C–C–N with tert-alkyl or cyclic N) is 1. The standard InChI is InChI=1S/C19H29N3O3.2ClH/c23-16(15-25-17-6-2-1-3-7-17)14-21-10-12-22(13-11-21)19(24)18-8-4-5-9-20-18;;/h1-3,6-7,16,18,20,23H,4-5,8-15H2;2*1H/t16?,18-;;/m1../s1. The van der Waals surface area contributed by atoms with E-state index in [4.69, 9.17) is 4.74 Å². The molecule has 0 radical (unpaired) electrons. The van der Waals surface area contributed by atoms with Gasteiger partial charge >= 0.3 is 0 Å². The number of carbonyl (C=O) groups is 1. The van der Waals surface area contributed by atoms with Gasteiger partial charge in [0.15, 0.2) is 0 Å². The monoisotopic (exact) mass is 419 g/mol. The first-order valence-corrected chi connectivity index (χ1v) is 9.33. The number of nitrogens with one attached hydrogen (secondary N) is 1. The van der Waals surface area contributed by atoms with Crippen LogP contribution in [-0.2, 0) is 4.79 Å². The van der Waals surface area contributed by atoms with E-state index in [9.17, 15) is 9.90 Å². The molecule has 6 nitrogen and oxygen atoms in total. The molecule has 2 aliphatic rings. The van der Waals surface area contributed by atoms with E-state index < -0.39 is 6.10 Å². The normalized spacial score (nSPS) is 21.5. The third kappa shape index (κ3) is 7.47. The van der Waals surface area contributed by atoms with Crippen molar-refractivity contribution in [2.75, 3.05) is 45.9 Å². The van der Waals surface area contributed by atoms with Gasteiger partial charge in [0, 0.05) is 32.7 Å². The summed E-state index contributed by atoms with van der Waals surface area (Å²) in [7, 11) is 0. The molecule has 3 rings (SSSR count). The molecule has 0 aliphatic carbocycles. The summed E-state index contributed by atoms with van der Waals surface area (Å²) in [5.41, 5.74) is 0. The largest absolute Gasteiger partial charge is 0.491 e. The molecule has 2 fully saturated rings.